The van der Waals surface area contributed by atoms with Crippen molar-refractivity contribution in [2.45, 2.75) is 26.2 Å². The Bertz CT molecular complexity index is 1290. The van der Waals surface area contributed by atoms with Gasteiger partial charge in [-0.2, -0.15) is 0 Å². The third-order valence-electron chi connectivity index (χ3n) is 7.40. The normalized spacial score (nSPS) is 17.3. The summed E-state index contributed by atoms with van der Waals surface area (Å²) in [4.78, 5) is 0. The minimum absolute atomic E-state index is 1.18. The molecular weight excluding hydrogens is 548 g/mol. The molecule has 5 rings (SSSR count). The van der Waals surface area contributed by atoms with Crippen molar-refractivity contribution in [3.05, 3.63) is 109 Å². The Kier molecular flexibility index (Phi) is 7.33. The number of nitrogens with zero attached hydrogens (tertiary/aromatic N) is 2. The van der Waals surface area contributed by atoms with Crippen LogP contribution in [0.4, 0.5) is 0 Å². The molecule has 8 heteroatoms. The Balaban J connectivity index is 1.88. The Morgan fingerprint density at radius 1 is 0.611 bits per heavy atom. The second-order valence-corrected chi connectivity index (χ2v) is 26.0. The maximum absolute atomic E-state index is 7.39. The van der Waals surface area contributed by atoms with Gasteiger partial charge in [-0.1, -0.05) is 143 Å². The van der Waals surface area contributed by atoms with E-state index >= 15 is 0 Å². The summed E-state index contributed by atoms with van der Waals surface area (Å²) in [5.41, 5.74) is 0. The molecule has 0 spiro atoms. The van der Waals surface area contributed by atoms with Gasteiger partial charge in [0.1, 0.15) is 8.80 Å². The maximum atomic E-state index is 7.39. The van der Waals surface area contributed by atoms with Gasteiger partial charge >= 0.3 is 0 Å². The van der Waals surface area contributed by atoms with Crippen LogP contribution in [-0.4, -0.2) is 41.9 Å². The summed E-state index contributed by atoms with van der Waals surface area (Å²) in [5.74, 6) is 0. The van der Waals surface area contributed by atoms with Gasteiger partial charge in [0.2, 0.25) is 8.40 Å². The molecule has 0 bridgehead atoms. The first-order valence-electron chi connectivity index (χ1n) is 12.5. The van der Waals surface area contributed by atoms with Gasteiger partial charge in [-0.25, -0.2) is 7.50 Å². The summed E-state index contributed by atoms with van der Waals surface area (Å²) >= 11 is 14.8. The minimum atomic E-state index is -2.77. The highest BCUT2D eigenvalue weighted by Gasteiger charge is 2.69. The molecule has 0 atom stereocenters. The Morgan fingerprint density at radius 3 is 1.56 bits per heavy atom. The van der Waals surface area contributed by atoms with Crippen LogP contribution in [-0.2, 0) is 0 Å². The summed E-state index contributed by atoms with van der Waals surface area (Å²) in [6, 6.07) is 40.0. The van der Waals surface area contributed by atoms with Crippen molar-refractivity contribution in [2.75, 3.05) is 0 Å². The van der Waals surface area contributed by atoms with Crippen LogP contribution in [0.2, 0.25) is 26.2 Å². The first-order chi connectivity index (χ1) is 17.3. The highest BCUT2D eigenvalue weighted by Crippen LogP contribution is 2.41. The third kappa shape index (κ3) is 4.04. The second-order valence-electron chi connectivity index (χ2n) is 10.3. The van der Waals surface area contributed by atoms with Crippen LogP contribution in [0.25, 0.3) is 0 Å². The van der Waals surface area contributed by atoms with Crippen molar-refractivity contribution in [1.82, 2.24) is 7.50 Å². The van der Waals surface area contributed by atoms with Gasteiger partial charge in [-0.05, 0) is 47.0 Å². The number of hydrogen-bond acceptors (Lipinski definition) is 2. The zero-order chi connectivity index (χ0) is 25.5. The molecule has 2 nitrogen and oxygen atoms in total. The highest BCUT2D eigenvalue weighted by molar-refractivity contribution is 7.24. The molecule has 1 aliphatic heterocycles. The monoisotopic (exact) mass is 578 g/mol. The third-order valence-corrected chi connectivity index (χ3v) is 27.6. The van der Waals surface area contributed by atoms with Gasteiger partial charge in [0.05, 0.1) is 8.80 Å². The average Bonchev–Trinajstić information content (AvgIpc) is 2.91. The molecule has 1 heterocycles. The van der Waals surface area contributed by atoms with Gasteiger partial charge < -0.3 is 0 Å². The average molecular weight is 580 g/mol. The molecule has 0 aliphatic carbocycles. The second kappa shape index (κ2) is 10.2. The highest BCUT2D eigenvalue weighted by atomic mass is 35.5. The first kappa shape index (κ1) is 25.9. The van der Waals surface area contributed by atoms with Gasteiger partial charge in [0, 0.05) is 0 Å². The molecule has 1 aliphatic rings. The molecule has 0 saturated carbocycles. The van der Waals surface area contributed by atoms with Gasteiger partial charge in [-0.3, -0.25) is 0 Å². The van der Waals surface area contributed by atoms with E-state index < -0.39 is 34.4 Å². The first-order valence-corrected chi connectivity index (χ1v) is 22.6. The Hall–Kier alpha value is -1.75. The minimum Gasteiger partial charge on any atom is -0.226 e. The van der Waals surface area contributed by atoms with Crippen molar-refractivity contribution in [3.8, 4) is 0 Å². The van der Waals surface area contributed by atoms with Crippen molar-refractivity contribution >= 4 is 89.1 Å². The molecule has 4 aromatic carbocycles. The SMILES string of the molecule is C[SiH](C)c1cccc([Si]2(c3ccccc3)N(Cl)[Si](C)(C)N2Cl)c1[SiH](c1ccccc1)c1ccccc1. The van der Waals surface area contributed by atoms with Crippen LogP contribution in [0, 0.1) is 0 Å². The molecule has 0 unspecified atom stereocenters. The fourth-order valence-electron chi connectivity index (χ4n) is 5.70. The molecule has 0 amide bonds. The summed E-state index contributed by atoms with van der Waals surface area (Å²) in [5, 5.41) is 8.56. The predicted octanol–water partition coefficient (Wildman–Crippen LogP) is 2.81. The van der Waals surface area contributed by atoms with Crippen LogP contribution >= 0.6 is 23.6 Å². The molecule has 0 N–H and O–H groups in total. The fourth-order valence-corrected chi connectivity index (χ4v) is 27.2. The van der Waals surface area contributed by atoms with Gasteiger partial charge in [0.25, 0.3) is 8.40 Å². The topological polar surface area (TPSA) is 6.48 Å². The van der Waals surface area contributed by atoms with E-state index in [2.05, 4.69) is 143 Å². The lowest BCUT2D eigenvalue weighted by molar-refractivity contribution is 0.694. The van der Waals surface area contributed by atoms with Gasteiger partial charge in [-0.15, -0.1) is 0 Å². The van der Waals surface area contributed by atoms with Crippen LogP contribution in [0.3, 0.4) is 0 Å². The summed E-state index contributed by atoms with van der Waals surface area (Å²) in [6.07, 6.45) is 0. The van der Waals surface area contributed by atoms with Crippen LogP contribution in [0.15, 0.2) is 109 Å². The van der Waals surface area contributed by atoms with Crippen molar-refractivity contribution < 1.29 is 0 Å². The van der Waals surface area contributed by atoms with E-state index in [1.807, 2.05) is 0 Å². The number of hydrogen-bond donors (Lipinski definition) is 0. The van der Waals surface area contributed by atoms with Crippen LogP contribution < -0.4 is 31.1 Å². The standard InChI is InChI=1S/C28H32Cl2N2Si4/c1-33(2)26-21-14-22-27(36(25-19-12-7-13-20-25)31(29)35(3,4)32(36)30)28(26)34(23-15-8-5-9-16-23)24-17-10-6-11-18-24/h5-22,33-34H,1-4H3. The number of rotatable bonds is 6. The van der Waals surface area contributed by atoms with Crippen LogP contribution in [0.5, 0.6) is 0 Å². The lowest BCUT2D eigenvalue weighted by Gasteiger charge is -2.63. The molecule has 4 aromatic rings. The maximum Gasteiger partial charge on any atom is 0.289 e. The zero-order valence-corrected chi connectivity index (χ0v) is 27.0. The van der Waals surface area contributed by atoms with E-state index in [0.717, 1.165) is 0 Å². The molecule has 1 saturated heterocycles. The number of benzene rings is 4. The van der Waals surface area contributed by atoms with Crippen molar-refractivity contribution in [1.29, 1.82) is 0 Å². The van der Waals surface area contributed by atoms with E-state index in [9.17, 15) is 0 Å². The summed E-state index contributed by atoms with van der Waals surface area (Å²) < 4.78 is 4.41. The Labute approximate surface area is 230 Å². The van der Waals surface area contributed by atoms with E-state index in [0.29, 0.717) is 0 Å². The smallest absolute Gasteiger partial charge is 0.226 e. The summed E-state index contributed by atoms with van der Waals surface area (Å²) in [7, 11) is -7.92. The van der Waals surface area contributed by atoms with Gasteiger partial charge in [0.15, 0.2) is 0 Å². The zero-order valence-electron chi connectivity index (χ0n) is 21.2. The van der Waals surface area contributed by atoms with Crippen molar-refractivity contribution in [2.24, 2.45) is 0 Å². The van der Waals surface area contributed by atoms with Crippen molar-refractivity contribution in [3.63, 3.8) is 0 Å². The fraction of sp³-hybridized carbons (Fsp3) is 0.143. The molecule has 0 aromatic heterocycles. The van der Waals surface area contributed by atoms with E-state index in [4.69, 9.17) is 23.6 Å². The quantitative estimate of drug-likeness (QED) is 0.197. The molecule has 0 radical (unpaired) electrons. The predicted molar refractivity (Wildman–Crippen MR) is 168 cm³/mol. The Morgan fingerprint density at radius 2 is 1.08 bits per heavy atom. The molecule has 184 valence electrons. The summed E-state index contributed by atoms with van der Waals surface area (Å²) in [6.45, 7) is 9.37. The lowest BCUT2D eigenvalue weighted by Crippen LogP contribution is -2.96. The lowest BCUT2D eigenvalue weighted by atomic mass is 10.3. The molecule has 36 heavy (non-hydrogen) atoms. The van der Waals surface area contributed by atoms with Crippen LogP contribution in [0.1, 0.15) is 0 Å². The molecule has 1 fully saturated rings. The number of halogens is 2. The van der Waals surface area contributed by atoms with E-state index in [1.54, 1.807) is 5.19 Å². The largest absolute Gasteiger partial charge is 0.289 e. The molecular formula is C28H32Cl2N2Si4. The van der Waals surface area contributed by atoms with E-state index in [-0.39, 0.29) is 0 Å². The van der Waals surface area contributed by atoms with E-state index in [1.165, 1.54) is 25.9 Å².